The van der Waals surface area contributed by atoms with E-state index < -0.39 is 10.0 Å². The van der Waals surface area contributed by atoms with Gasteiger partial charge in [0, 0.05) is 55.7 Å². The van der Waals surface area contributed by atoms with Crippen molar-refractivity contribution in [2.45, 2.75) is 38.0 Å². The lowest BCUT2D eigenvalue weighted by Gasteiger charge is -2.36. The van der Waals surface area contributed by atoms with Gasteiger partial charge in [0.05, 0.1) is 4.90 Å². The van der Waals surface area contributed by atoms with Gasteiger partial charge in [0.2, 0.25) is 5.91 Å². The van der Waals surface area contributed by atoms with Crippen LogP contribution in [0.2, 0.25) is 0 Å². The number of carbonyl (C=O) groups is 2. The van der Waals surface area contributed by atoms with Gasteiger partial charge in [-0.25, -0.2) is 8.42 Å². The molecule has 9 heteroatoms. The number of hydrogen-bond donors (Lipinski definition) is 2. The highest BCUT2D eigenvalue weighted by Crippen LogP contribution is 2.25. The molecule has 2 N–H and O–H groups in total. The molecule has 3 aromatic rings. The first-order valence-electron chi connectivity index (χ1n) is 12.6. The monoisotopic (exact) mass is 534 g/mol. The summed E-state index contributed by atoms with van der Waals surface area (Å²) < 4.78 is 28.1. The number of carbonyl (C=O) groups excluding carboxylic acids is 2. The van der Waals surface area contributed by atoms with Gasteiger partial charge in [0.25, 0.3) is 15.9 Å². The van der Waals surface area contributed by atoms with Gasteiger partial charge in [-0.05, 0) is 71.6 Å². The standard InChI is InChI=1S/C29H34N4O4S/c1-21(34)30-24-11-15-27(16-12-24)38(36,37)31-25-9-13-26(14-10-25)32-17-19-33(20-18-32)28(35)22-5-7-23(8-6-22)29(2,3)4/h5-16,31H,17-20H2,1-4H3,(H,30,34). The summed E-state index contributed by atoms with van der Waals surface area (Å²) in [6.07, 6.45) is 0. The molecule has 0 radical (unpaired) electrons. The molecule has 1 heterocycles. The molecule has 0 aromatic heterocycles. The third-order valence-corrected chi connectivity index (χ3v) is 7.93. The molecule has 0 saturated carbocycles. The summed E-state index contributed by atoms with van der Waals surface area (Å²) in [5, 5.41) is 2.61. The largest absolute Gasteiger partial charge is 0.368 e. The fourth-order valence-electron chi connectivity index (χ4n) is 4.34. The molecule has 0 aliphatic carbocycles. The van der Waals surface area contributed by atoms with E-state index in [4.69, 9.17) is 0 Å². The van der Waals surface area contributed by atoms with Gasteiger partial charge in [-0.3, -0.25) is 14.3 Å². The van der Waals surface area contributed by atoms with Crippen LogP contribution in [-0.2, 0) is 20.2 Å². The summed E-state index contributed by atoms with van der Waals surface area (Å²) in [6.45, 7) is 10.5. The predicted octanol–water partition coefficient (Wildman–Crippen LogP) is 4.71. The summed E-state index contributed by atoms with van der Waals surface area (Å²) in [4.78, 5) is 28.3. The number of amides is 2. The molecule has 38 heavy (non-hydrogen) atoms. The number of benzene rings is 3. The van der Waals surface area contributed by atoms with Crippen LogP contribution >= 0.6 is 0 Å². The van der Waals surface area contributed by atoms with Crippen LogP contribution in [0.3, 0.4) is 0 Å². The van der Waals surface area contributed by atoms with Crippen LogP contribution in [0.15, 0.2) is 77.7 Å². The minimum Gasteiger partial charge on any atom is -0.368 e. The Balaban J connectivity index is 1.33. The molecule has 0 spiro atoms. The van der Waals surface area contributed by atoms with Crippen molar-refractivity contribution in [1.29, 1.82) is 0 Å². The van der Waals surface area contributed by atoms with E-state index in [9.17, 15) is 18.0 Å². The molecule has 8 nitrogen and oxygen atoms in total. The summed E-state index contributed by atoms with van der Waals surface area (Å²) in [5.41, 5.74) is 3.89. The van der Waals surface area contributed by atoms with Crippen LogP contribution in [0.4, 0.5) is 17.1 Å². The van der Waals surface area contributed by atoms with Gasteiger partial charge in [-0.1, -0.05) is 32.9 Å². The molecule has 1 aliphatic heterocycles. The summed E-state index contributed by atoms with van der Waals surface area (Å²) in [7, 11) is -3.77. The van der Waals surface area contributed by atoms with Gasteiger partial charge in [-0.15, -0.1) is 0 Å². The molecule has 0 unspecified atom stereocenters. The second-order valence-electron chi connectivity index (χ2n) is 10.5. The van der Waals surface area contributed by atoms with Crippen LogP contribution in [0.25, 0.3) is 0 Å². The van der Waals surface area contributed by atoms with Crippen LogP contribution in [0.5, 0.6) is 0 Å². The lowest BCUT2D eigenvalue weighted by molar-refractivity contribution is -0.114. The molecule has 200 valence electrons. The van der Waals surface area contributed by atoms with E-state index in [2.05, 4.69) is 35.7 Å². The third kappa shape index (κ3) is 6.52. The lowest BCUT2D eigenvalue weighted by Crippen LogP contribution is -2.48. The minimum atomic E-state index is -3.77. The van der Waals surface area contributed by atoms with Crippen molar-refractivity contribution >= 4 is 38.9 Å². The number of hydrogen-bond acceptors (Lipinski definition) is 5. The SMILES string of the molecule is CC(=O)Nc1ccc(S(=O)(=O)Nc2ccc(N3CCN(C(=O)c4ccc(C(C)(C)C)cc4)CC3)cc2)cc1. The number of nitrogens with one attached hydrogen (secondary N) is 2. The van der Waals surface area contributed by atoms with E-state index in [1.807, 2.05) is 41.3 Å². The number of nitrogens with zero attached hydrogens (tertiary/aromatic N) is 2. The first-order valence-corrected chi connectivity index (χ1v) is 14.1. The van der Waals surface area contributed by atoms with Gasteiger partial charge in [0.15, 0.2) is 0 Å². The number of piperazine rings is 1. The Morgan fingerprint density at radius 3 is 1.84 bits per heavy atom. The molecule has 1 fully saturated rings. The highest BCUT2D eigenvalue weighted by Gasteiger charge is 2.23. The van der Waals surface area contributed by atoms with Gasteiger partial charge in [-0.2, -0.15) is 0 Å². The number of rotatable bonds is 6. The first kappa shape index (κ1) is 27.2. The quantitative estimate of drug-likeness (QED) is 0.478. The Labute approximate surface area is 224 Å². The summed E-state index contributed by atoms with van der Waals surface area (Å²) >= 11 is 0. The normalized spacial score (nSPS) is 14.2. The molecule has 1 saturated heterocycles. The second-order valence-corrected chi connectivity index (χ2v) is 12.1. The summed E-state index contributed by atoms with van der Waals surface area (Å²) in [6, 6.07) is 21.1. The van der Waals surface area contributed by atoms with Crippen LogP contribution in [0, 0.1) is 0 Å². The maximum atomic E-state index is 13.0. The summed E-state index contributed by atoms with van der Waals surface area (Å²) in [5.74, 6) is -0.183. The van der Waals surface area contributed by atoms with E-state index in [1.165, 1.54) is 24.6 Å². The average Bonchev–Trinajstić information content (AvgIpc) is 2.88. The van der Waals surface area contributed by atoms with E-state index in [0.29, 0.717) is 43.1 Å². The third-order valence-electron chi connectivity index (χ3n) is 6.53. The fraction of sp³-hybridized carbons (Fsp3) is 0.310. The molecule has 2 amide bonds. The molecule has 0 bridgehead atoms. The van der Waals surface area contributed by atoms with Crippen LogP contribution in [0.1, 0.15) is 43.6 Å². The maximum absolute atomic E-state index is 13.0. The van der Waals surface area contributed by atoms with Gasteiger partial charge in [0.1, 0.15) is 0 Å². The van der Waals surface area contributed by atoms with E-state index in [1.54, 1.807) is 24.3 Å². The maximum Gasteiger partial charge on any atom is 0.261 e. The van der Waals surface area contributed by atoms with Crippen molar-refractivity contribution < 1.29 is 18.0 Å². The smallest absolute Gasteiger partial charge is 0.261 e. The Bertz CT molecular complexity index is 1390. The molecule has 4 rings (SSSR count). The van der Waals surface area contributed by atoms with E-state index in [0.717, 1.165) is 5.69 Å². The Kier molecular flexibility index (Phi) is 7.78. The van der Waals surface area contributed by atoms with Crippen LogP contribution < -0.4 is 14.9 Å². The Hall–Kier alpha value is -3.85. The van der Waals surface area contributed by atoms with Gasteiger partial charge < -0.3 is 15.1 Å². The highest BCUT2D eigenvalue weighted by molar-refractivity contribution is 7.92. The molecular formula is C29H34N4O4S. The number of sulfonamides is 1. The Morgan fingerprint density at radius 1 is 0.763 bits per heavy atom. The molecule has 0 atom stereocenters. The molecule has 1 aliphatic rings. The van der Waals surface area contributed by atoms with E-state index >= 15 is 0 Å². The van der Waals surface area contributed by atoms with Crippen molar-refractivity contribution in [2.75, 3.05) is 41.1 Å². The number of anilines is 3. The van der Waals surface area contributed by atoms with Crippen molar-refractivity contribution in [3.63, 3.8) is 0 Å². The first-order chi connectivity index (χ1) is 17.9. The zero-order valence-corrected chi connectivity index (χ0v) is 23.0. The topological polar surface area (TPSA) is 98.8 Å². The zero-order valence-electron chi connectivity index (χ0n) is 22.2. The second kappa shape index (κ2) is 10.9. The van der Waals surface area contributed by atoms with E-state index in [-0.39, 0.29) is 22.1 Å². The highest BCUT2D eigenvalue weighted by atomic mass is 32.2. The fourth-order valence-corrected chi connectivity index (χ4v) is 5.40. The molecule has 3 aromatic carbocycles. The van der Waals surface area contributed by atoms with Crippen molar-refractivity contribution in [1.82, 2.24) is 4.90 Å². The van der Waals surface area contributed by atoms with Gasteiger partial charge >= 0.3 is 0 Å². The Morgan fingerprint density at radius 2 is 1.32 bits per heavy atom. The van der Waals surface area contributed by atoms with Crippen LogP contribution in [-0.4, -0.2) is 51.3 Å². The van der Waals surface area contributed by atoms with Crippen molar-refractivity contribution in [2.24, 2.45) is 0 Å². The lowest BCUT2D eigenvalue weighted by atomic mass is 9.86. The van der Waals surface area contributed by atoms with Crippen molar-refractivity contribution in [3.8, 4) is 0 Å². The minimum absolute atomic E-state index is 0.0416. The average molecular weight is 535 g/mol. The zero-order chi connectivity index (χ0) is 27.5. The predicted molar refractivity (Wildman–Crippen MR) is 151 cm³/mol. The molecular weight excluding hydrogens is 500 g/mol. The van der Waals surface area contributed by atoms with Crippen molar-refractivity contribution in [3.05, 3.63) is 83.9 Å².